The van der Waals surface area contributed by atoms with Crippen molar-refractivity contribution >= 4 is 11.9 Å². The lowest BCUT2D eigenvalue weighted by Gasteiger charge is -2.34. The summed E-state index contributed by atoms with van der Waals surface area (Å²) >= 11 is 0. The first-order valence-electron chi connectivity index (χ1n) is 11.4. The molecule has 1 aliphatic heterocycles. The van der Waals surface area contributed by atoms with Gasteiger partial charge in [0, 0.05) is 37.2 Å². The molecule has 2 heterocycles. The predicted molar refractivity (Wildman–Crippen MR) is 123 cm³/mol. The summed E-state index contributed by atoms with van der Waals surface area (Å²) in [7, 11) is 0. The van der Waals surface area contributed by atoms with E-state index in [9.17, 15) is 4.79 Å². The summed E-state index contributed by atoms with van der Waals surface area (Å²) in [4.78, 5) is 23.7. The van der Waals surface area contributed by atoms with E-state index in [-0.39, 0.29) is 5.92 Å². The molecule has 1 fully saturated rings. The molecule has 168 valence electrons. The maximum Gasteiger partial charge on any atom is 0.225 e. The van der Waals surface area contributed by atoms with E-state index in [0.29, 0.717) is 18.5 Å². The van der Waals surface area contributed by atoms with Crippen LogP contribution in [-0.4, -0.2) is 57.6 Å². The van der Waals surface area contributed by atoms with Gasteiger partial charge in [0.25, 0.3) is 0 Å². The molecule has 0 aliphatic carbocycles. The Morgan fingerprint density at radius 2 is 2.03 bits per heavy atom. The van der Waals surface area contributed by atoms with Crippen LogP contribution in [-0.2, 0) is 11.3 Å². The van der Waals surface area contributed by atoms with E-state index < -0.39 is 0 Å². The summed E-state index contributed by atoms with van der Waals surface area (Å²) in [5.74, 6) is 2.05. The minimum absolute atomic E-state index is 0.163. The molecular formula is C23H35N7O. The highest BCUT2D eigenvalue weighted by Crippen LogP contribution is 2.18. The first kappa shape index (κ1) is 22.8. The maximum atomic E-state index is 12.6. The third kappa shape index (κ3) is 6.29. The van der Waals surface area contributed by atoms with Crippen LogP contribution in [0.1, 0.15) is 52.0 Å². The average Bonchev–Trinajstić information content (AvgIpc) is 3.34. The summed E-state index contributed by atoms with van der Waals surface area (Å²) in [5, 5.41) is 13.7. The minimum Gasteiger partial charge on any atom is -0.357 e. The van der Waals surface area contributed by atoms with Crippen LogP contribution in [0.4, 0.5) is 0 Å². The number of H-pyrrole nitrogens is 1. The molecule has 0 saturated carbocycles. The van der Waals surface area contributed by atoms with Gasteiger partial charge in [-0.2, -0.15) is 5.10 Å². The number of aromatic amines is 1. The molecule has 0 spiro atoms. The third-order valence-corrected chi connectivity index (χ3v) is 5.86. The van der Waals surface area contributed by atoms with Gasteiger partial charge in [0.2, 0.25) is 5.91 Å². The molecular weight excluding hydrogens is 390 g/mol. The number of hydrogen-bond donors (Lipinski definition) is 3. The van der Waals surface area contributed by atoms with Gasteiger partial charge in [-0.05, 0) is 44.2 Å². The van der Waals surface area contributed by atoms with Crippen LogP contribution in [0.15, 0.2) is 35.6 Å². The van der Waals surface area contributed by atoms with E-state index in [1.807, 2.05) is 17.0 Å². The molecule has 3 rings (SSSR count). The fourth-order valence-electron chi connectivity index (χ4n) is 3.99. The van der Waals surface area contributed by atoms with E-state index in [2.05, 4.69) is 58.7 Å². The second kappa shape index (κ2) is 11.5. The molecule has 1 aliphatic rings. The van der Waals surface area contributed by atoms with E-state index in [1.165, 1.54) is 6.33 Å². The van der Waals surface area contributed by atoms with Gasteiger partial charge in [0.15, 0.2) is 11.8 Å². The zero-order valence-corrected chi connectivity index (χ0v) is 18.9. The highest BCUT2D eigenvalue weighted by molar-refractivity contribution is 5.80. The second-order valence-corrected chi connectivity index (χ2v) is 7.99. The van der Waals surface area contributed by atoms with Crippen LogP contribution < -0.4 is 10.6 Å². The first-order valence-corrected chi connectivity index (χ1v) is 11.4. The summed E-state index contributed by atoms with van der Waals surface area (Å²) in [6.07, 6.45) is 5.23. The van der Waals surface area contributed by atoms with Gasteiger partial charge in [-0.15, -0.1) is 0 Å². The molecule has 1 aromatic carbocycles. The quantitative estimate of drug-likeness (QED) is 0.446. The van der Waals surface area contributed by atoms with Crippen LogP contribution in [0.3, 0.4) is 0 Å². The minimum atomic E-state index is 0.163. The number of likely N-dealkylation sites (tertiary alicyclic amines) is 1. The van der Waals surface area contributed by atoms with E-state index in [4.69, 9.17) is 4.99 Å². The Hall–Kier alpha value is -2.90. The smallest absolute Gasteiger partial charge is 0.225 e. The number of aromatic nitrogens is 3. The fraction of sp³-hybridized carbons (Fsp3) is 0.565. The van der Waals surface area contributed by atoms with E-state index in [0.717, 1.165) is 68.2 Å². The number of piperidine rings is 1. The lowest BCUT2D eigenvalue weighted by molar-refractivity contribution is -0.136. The summed E-state index contributed by atoms with van der Waals surface area (Å²) < 4.78 is 0. The summed E-state index contributed by atoms with van der Waals surface area (Å²) in [6.45, 7) is 9.26. The van der Waals surface area contributed by atoms with Gasteiger partial charge < -0.3 is 15.5 Å². The molecule has 1 aromatic heterocycles. The zero-order chi connectivity index (χ0) is 22.1. The van der Waals surface area contributed by atoms with Crippen molar-refractivity contribution < 1.29 is 4.79 Å². The van der Waals surface area contributed by atoms with Crippen molar-refractivity contribution in [2.75, 3.05) is 19.6 Å². The SMILES string of the molecule is CCNC(=NCc1cccc(-c2ncn[nH]2)c1)NC1CCN(C(=O)C(CC)CC)CC1. The summed E-state index contributed by atoms with van der Waals surface area (Å²) in [6, 6.07) is 8.48. The van der Waals surface area contributed by atoms with Crippen LogP contribution in [0, 0.1) is 5.92 Å². The van der Waals surface area contributed by atoms with Crippen LogP contribution in [0.5, 0.6) is 0 Å². The molecule has 0 radical (unpaired) electrons. The Morgan fingerprint density at radius 3 is 2.68 bits per heavy atom. The second-order valence-electron chi connectivity index (χ2n) is 7.99. The molecule has 1 saturated heterocycles. The van der Waals surface area contributed by atoms with Crippen LogP contribution in [0.25, 0.3) is 11.4 Å². The van der Waals surface area contributed by atoms with Gasteiger partial charge in [0.1, 0.15) is 6.33 Å². The Labute approximate surface area is 184 Å². The number of carbonyl (C=O) groups excluding carboxylic acids is 1. The van der Waals surface area contributed by atoms with Crippen molar-refractivity contribution in [3.05, 3.63) is 36.2 Å². The zero-order valence-electron chi connectivity index (χ0n) is 18.9. The molecule has 8 nitrogen and oxygen atoms in total. The van der Waals surface area contributed by atoms with Gasteiger partial charge >= 0.3 is 0 Å². The number of guanidine groups is 1. The van der Waals surface area contributed by atoms with Crippen LogP contribution >= 0.6 is 0 Å². The van der Waals surface area contributed by atoms with Crippen molar-refractivity contribution in [3.8, 4) is 11.4 Å². The van der Waals surface area contributed by atoms with Gasteiger partial charge in [-0.3, -0.25) is 9.89 Å². The number of nitrogens with one attached hydrogen (secondary N) is 3. The molecule has 0 bridgehead atoms. The lowest BCUT2D eigenvalue weighted by Crippen LogP contribution is -2.50. The van der Waals surface area contributed by atoms with Crippen LogP contribution in [0.2, 0.25) is 0 Å². The number of aliphatic imine (C=N–C) groups is 1. The normalized spacial score (nSPS) is 15.4. The van der Waals surface area contributed by atoms with Gasteiger partial charge in [-0.1, -0.05) is 32.0 Å². The van der Waals surface area contributed by atoms with Crippen molar-refractivity contribution in [2.45, 2.75) is 59.0 Å². The van der Waals surface area contributed by atoms with Gasteiger partial charge in [0.05, 0.1) is 6.54 Å². The van der Waals surface area contributed by atoms with Gasteiger partial charge in [-0.25, -0.2) is 9.98 Å². The number of nitrogens with zero attached hydrogens (tertiary/aromatic N) is 4. The highest BCUT2D eigenvalue weighted by Gasteiger charge is 2.26. The standard InChI is InChI=1S/C23H35N7O/c1-4-18(5-2)22(31)30-12-10-20(11-13-30)28-23(24-6-3)25-15-17-8-7-9-19(14-17)21-26-16-27-29-21/h7-9,14,16,18,20H,4-6,10-13,15H2,1-3H3,(H2,24,25,28)(H,26,27,29). The lowest BCUT2D eigenvalue weighted by atomic mass is 9.98. The van der Waals surface area contributed by atoms with E-state index in [1.54, 1.807) is 0 Å². The average molecular weight is 426 g/mol. The maximum absolute atomic E-state index is 12.6. The molecule has 0 atom stereocenters. The first-order chi connectivity index (χ1) is 15.1. The Balaban J connectivity index is 1.56. The van der Waals surface area contributed by atoms with Crippen molar-refractivity contribution in [3.63, 3.8) is 0 Å². The van der Waals surface area contributed by atoms with E-state index >= 15 is 0 Å². The van der Waals surface area contributed by atoms with Crippen molar-refractivity contribution in [1.82, 2.24) is 30.7 Å². The van der Waals surface area contributed by atoms with Crippen molar-refractivity contribution in [1.29, 1.82) is 0 Å². The summed E-state index contributed by atoms with van der Waals surface area (Å²) in [5.41, 5.74) is 2.11. The van der Waals surface area contributed by atoms with Crippen molar-refractivity contribution in [2.24, 2.45) is 10.9 Å². The fourth-order valence-corrected chi connectivity index (χ4v) is 3.99. The monoisotopic (exact) mass is 425 g/mol. The number of rotatable bonds is 8. The number of hydrogen-bond acceptors (Lipinski definition) is 4. The largest absolute Gasteiger partial charge is 0.357 e. The number of benzene rings is 1. The Morgan fingerprint density at radius 1 is 1.26 bits per heavy atom. The molecule has 0 unspecified atom stereocenters. The Bertz CT molecular complexity index is 837. The molecule has 31 heavy (non-hydrogen) atoms. The molecule has 2 aromatic rings. The number of carbonyl (C=O) groups is 1. The highest BCUT2D eigenvalue weighted by atomic mass is 16.2. The third-order valence-electron chi connectivity index (χ3n) is 5.86. The molecule has 8 heteroatoms. The topological polar surface area (TPSA) is 98.3 Å². The molecule has 3 N–H and O–H groups in total. The molecule has 1 amide bonds. The Kier molecular flexibility index (Phi) is 8.44. The number of amides is 1. The predicted octanol–water partition coefficient (Wildman–Crippen LogP) is 2.95.